The standard InChI is InChI=1S/C4H8N4/c5-4(6)8-3-1-2-7-8/h1-4H,5-6H2. The van der Waals surface area contributed by atoms with Crippen LogP contribution >= 0.6 is 0 Å². The summed E-state index contributed by atoms with van der Waals surface area (Å²) in [5, 5.41) is 3.78. The Labute approximate surface area is 47.1 Å². The molecule has 0 bridgehead atoms. The lowest BCUT2D eigenvalue weighted by Crippen LogP contribution is -2.27. The van der Waals surface area contributed by atoms with Crippen LogP contribution in [0.3, 0.4) is 0 Å². The van der Waals surface area contributed by atoms with Gasteiger partial charge in [-0.25, -0.2) is 4.68 Å². The van der Waals surface area contributed by atoms with E-state index in [4.69, 9.17) is 11.5 Å². The Bertz CT molecular complexity index is 143. The summed E-state index contributed by atoms with van der Waals surface area (Å²) in [6, 6.07) is 1.77. The van der Waals surface area contributed by atoms with E-state index in [1.165, 1.54) is 4.68 Å². The molecule has 0 aliphatic carbocycles. The molecule has 1 heterocycles. The monoisotopic (exact) mass is 112 g/mol. The van der Waals surface area contributed by atoms with Crippen LogP contribution in [0.1, 0.15) is 6.29 Å². The molecular weight excluding hydrogens is 104 g/mol. The molecule has 1 aromatic heterocycles. The van der Waals surface area contributed by atoms with Crippen molar-refractivity contribution < 1.29 is 0 Å². The minimum atomic E-state index is -0.509. The van der Waals surface area contributed by atoms with Crippen LogP contribution in [0, 0.1) is 0 Å². The number of aromatic nitrogens is 2. The molecule has 0 radical (unpaired) electrons. The van der Waals surface area contributed by atoms with Crippen LogP contribution in [0.25, 0.3) is 0 Å². The Kier molecular flexibility index (Phi) is 1.27. The molecule has 0 spiro atoms. The van der Waals surface area contributed by atoms with Crippen LogP contribution in [-0.4, -0.2) is 9.78 Å². The average Bonchev–Trinajstić information content (AvgIpc) is 2.12. The van der Waals surface area contributed by atoms with E-state index in [0.717, 1.165) is 0 Å². The Morgan fingerprint density at radius 1 is 1.50 bits per heavy atom. The zero-order valence-corrected chi connectivity index (χ0v) is 4.36. The van der Waals surface area contributed by atoms with E-state index in [2.05, 4.69) is 5.10 Å². The van der Waals surface area contributed by atoms with Crippen molar-refractivity contribution >= 4 is 0 Å². The maximum Gasteiger partial charge on any atom is 0.150 e. The van der Waals surface area contributed by atoms with Crippen molar-refractivity contribution in [3.8, 4) is 0 Å². The molecule has 4 nitrogen and oxygen atoms in total. The van der Waals surface area contributed by atoms with Gasteiger partial charge in [-0.2, -0.15) is 5.10 Å². The highest BCUT2D eigenvalue weighted by molar-refractivity contribution is 4.78. The molecule has 44 valence electrons. The predicted molar refractivity (Wildman–Crippen MR) is 29.6 cm³/mol. The van der Waals surface area contributed by atoms with Gasteiger partial charge in [0.15, 0.2) is 0 Å². The largest absolute Gasteiger partial charge is 0.297 e. The van der Waals surface area contributed by atoms with Gasteiger partial charge in [-0.15, -0.1) is 0 Å². The van der Waals surface area contributed by atoms with Gasteiger partial charge in [-0.1, -0.05) is 0 Å². The first-order valence-electron chi connectivity index (χ1n) is 2.31. The van der Waals surface area contributed by atoms with Crippen molar-refractivity contribution in [3.05, 3.63) is 18.5 Å². The van der Waals surface area contributed by atoms with Gasteiger partial charge in [0, 0.05) is 12.4 Å². The Morgan fingerprint density at radius 2 is 2.25 bits per heavy atom. The first kappa shape index (κ1) is 5.27. The molecule has 0 aliphatic heterocycles. The Hall–Kier alpha value is -0.870. The summed E-state index contributed by atoms with van der Waals surface area (Å²) in [6.45, 7) is 0. The van der Waals surface area contributed by atoms with Gasteiger partial charge in [-0.3, -0.25) is 11.5 Å². The SMILES string of the molecule is NC(N)n1cccn1. The lowest BCUT2D eigenvalue weighted by Gasteiger charge is -2.02. The molecule has 0 unspecified atom stereocenters. The molecule has 4 heteroatoms. The first-order valence-corrected chi connectivity index (χ1v) is 2.31. The van der Waals surface area contributed by atoms with Crippen molar-refractivity contribution in [3.63, 3.8) is 0 Å². The van der Waals surface area contributed by atoms with Crippen molar-refractivity contribution in [1.29, 1.82) is 0 Å². The third-order valence-corrected chi connectivity index (χ3v) is 0.830. The fraction of sp³-hybridized carbons (Fsp3) is 0.250. The molecule has 1 aromatic rings. The van der Waals surface area contributed by atoms with Crippen LogP contribution in [-0.2, 0) is 0 Å². The molecule has 0 saturated carbocycles. The maximum absolute atomic E-state index is 5.24. The van der Waals surface area contributed by atoms with Gasteiger partial charge in [0.25, 0.3) is 0 Å². The lowest BCUT2D eigenvalue weighted by molar-refractivity contribution is 0.486. The topological polar surface area (TPSA) is 69.9 Å². The molecule has 1 rings (SSSR count). The highest BCUT2D eigenvalue weighted by atomic mass is 15.4. The molecule has 0 saturated heterocycles. The van der Waals surface area contributed by atoms with Crippen LogP contribution in [0.15, 0.2) is 18.5 Å². The van der Waals surface area contributed by atoms with E-state index in [0.29, 0.717) is 0 Å². The summed E-state index contributed by atoms with van der Waals surface area (Å²) in [7, 11) is 0. The van der Waals surface area contributed by atoms with Gasteiger partial charge in [0.05, 0.1) is 0 Å². The summed E-state index contributed by atoms with van der Waals surface area (Å²) in [5.74, 6) is 0. The van der Waals surface area contributed by atoms with Crippen molar-refractivity contribution in [2.24, 2.45) is 11.5 Å². The van der Waals surface area contributed by atoms with Crippen LogP contribution < -0.4 is 11.5 Å². The molecule has 0 aromatic carbocycles. The first-order chi connectivity index (χ1) is 3.80. The smallest absolute Gasteiger partial charge is 0.150 e. The van der Waals surface area contributed by atoms with Crippen molar-refractivity contribution in [1.82, 2.24) is 9.78 Å². The molecular formula is C4H8N4. The van der Waals surface area contributed by atoms with Gasteiger partial charge in [0.1, 0.15) is 6.29 Å². The number of hydrogen-bond acceptors (Lipinski definition) is 3. The summed E-state index contributed by atoms with van der Waals surface area (Å²) in [5.41, 5.74) is 10.5. The lowest BCUT2D eigenvalue weighted by atomic mass is 10.7. The second-order valence-electron chi connectivity index (χ2n) is 1.48. The van der Waals surface area contributed by atoms with E-state index in [1.807, 2.05) is 0 Å². The fourth-order valence-corrected chi connectivity index (χ4v) is 0.457. The summed E-state index contributed by atoms with van der Waals surface area (Å²) in [4.78, 5) is 0. The highest BCUT2D eigenvalue weighted by Crippen LogP contribution is 1.85. The number of hydrogen-bond donors (Lipinski definition) is 2. The second kappa shape index (κ2) is 1.94. The third kappa shape index (κ3) is 0.853. The number of rotatable bonds is 1. The van der Waals surface area contributed by atoms with E-state index in [9.17, 15) is 0 Å². The van der Waals surface area contributed by atoms with Gasteiger partial charge in [-0.05, 0) is 6.07 Å². The quantitative estimate of drug-likeness (QED) is 0.470. The van der Waals surface area contributed by atoms with Gasteiger partial charge >= 0.3 is 0 Å². The Morgan fingerprint density at radius 3 is 2.50 bits per heavy atom. The molecule has 0 fully saturated rings. The Balaban J connectivity index is 2.77. The second-order valence-corrected chi connectivity index (χ2v) is 1.48. The maximum atomic E-state index is 5.24. The van der Waals surface area contributed by atoms with Crippen LogP contribution in [0.4, 0.5) is 0 Å². The van der Waals surface area contributed by atoms with E-state index >= 15 is 0 Å². The van der Waals surface area contributed by atoms with E-state index < -0.39 is 6.29 Å². The summed E-state index contributed by atoms with van der Waals surface area (Å²) >= 11 is 0. The van der Waals surface area contributed by atoms with Gasteiger partial charge in [0.2, 0.25) is 0 Å². The predicted octanol–water partition coefficient (Wildman–Crippen LogP) is -0.743. The third-order valence-electron chi connectivity index (χ3n) is 0.830. The van der Waals surface area contributed by atoms with Gasteiger partial charge < -0.3 is 0 Å². The zero-order chi connectivity index (χ0) is 5.98. The van der Waals surface area contributed by atoms with E-state index in [1.54, 1.807) is 18.5 Å². The normalized spacial score (nSPS) is 10.4. The van der Waals surface area contributed by atoms with Crippen LogP contribution in [0.2, 0.25) is 0 Å². The van der Waals surface area contributed by atoms with E-state index in [-0.39, 0.29) is 0 Å². The molecule has 4 N–H and O–H groups in total. The summed E-state index contributed by atoms with van der Waals surface area (Å²) in [6.07, 6.45) is 2.84. The highest BCUT2D eigenvalue weighted by Gasteiger charge is 1.91. The van der Waals surface area contributed by atoms with Crippen molar-refractivity contribution in [2.75, 3.05) is 0 Å². The minimum absolute atomic E-state index is 0.509. The molecule has 0 aliphatic rings. The average molecular weight is 112 g/mol. The number of nitrogens with two attached hydrogens (primary N) is 2. The zero-order valence-electron chi connectivity index (χ0n) is 4.36. The van der Waals surface area contributed by atoms with Crippen molar-refractivity contribution in [2.45, 2.75) is 6.29 Å². The molecule has 8 heavy (non-hydrogen) atoms. The van der Waals surface area contributed by atoms with Crippen LogP contribution in [0.5, 0.6) is 0 Å². The summed E-state index contributed by atoms with van der Waals surface area (Å²) < 4.78 is 1.47. The number of nitrogens with zero attached hydrogens (tertiary/aromatic N) is 2. The molecule has 0 atom stereocenters. The molecule has 0 amide bonds. The fourth-order valence-electron chi connectivity index (χ4n) is 0.457. The minimum Gasteiger partial charge on any atom is -0.297 e.